The highest BCUT2D eigenvalue weighted by Gasteiger charge is 2.27. The molecule has 8 heteroatoms. The van der Waals surface area contributed by atoms with Crippen molar-refractivity contribution >= 4 is 11.8 Å². The first kappa shape index (κ1) is 20.2. The first-order valence-corrected chi connectivity index (χ1v) is 11.5. The Morgan fingerprint density at radius 2 is 1.68 bits per heavy atom. The van der Waals surface area contributed by atoms with E-state index in [1.165, 1.54) is 6.26 Å². The van der Waals surface area contributed by atoms with Gasteiger partial charge in [-0.2, -0.15) is 11.8 Å². The molecule has 3 aliphatic heterocycles. The van der Waals surface area contributed by atoms with Gasteiger partial charge in [0.05, 0.1) is 5.56 Å². The molecule has 1 N–H and O–H groups in total. The van der Waals surface area contributed by atoms with Gasteiger partial charge in [-0.05, 0) is 12.8 Å². The summed E-state index contributed by atoms with van der Waals surface area (Å²) in [6.45, 7) is 8.65. The summed E-state index contributed by atoms with van der Waals surface area (Å²) in [7, 11) is 0. The van der Waals surface area contributed by atoms with Gasteiger partial charge in [-0.25, -0.2) is 4.79 Å². The quantitative estimate of drug-likeness (QED) is 0.778. The van der Waals surface area contributed by atoms with E-state index in [0.29, 0.717) is 24.7 Å². The second-order valence-corrected chi connectivity index (χ2v) is 9.14. The second kappa shape index (κ2) is 9.63. The van der Waals surface area contributed by atoms with Crippen LogP contribution in [0.3, 0.4) is 0 Å². The molecule has 0 saturated carbocycles. The molecule has 0 amide bonds. The molecule has 0 radical (unpaired) electrons. The van der Waals surface area contributed by atoms with Crippen LogP contribution in [-0.4, -0.2) is 89.8 Å². The van der Waals surface area contributed by atoms with Crippen molar-refractivity contribution < 1.29 is 14.3 Å². The van der Waals surface area contributed by atoms with Crippen LogP contribution < -0.4 is 5.63 Å². The molecule has 0 atom stereocenters. The number of thioether (sulfide) groups is 1. The van der Waals surface area contributed by atoms with Crippen molar-refractivity contribution in [2.45, 2.75) is 32.0 Å². The summed E-state index contributed by atoms with van der Waals surface area (Å²) in [4.78, 5) is 19.4. The Kier molecular flexibility index (Phi) is 6.95. The zero-order valence-corrected chi connectivity index (χ0v) is 17.3. The van der Waals surface area contributed by atoms with Crippen LogP contribution >= 0.6 is 11.8 Å². The van der Waals surface area contributed by atoms with E-state index < -0.39 is 5.63 Å². The molecule has 0 aliphatic carbocycles. The normalized spacial score (nSPS) is 23.9. The predicted molar refractivity (Wildman–Crippen MR) is 110 cm³/mol. The van der Waals surface area contributed by atoms with Crippen LogP contribution in [0.15, 0.2) is 15.5 Å². The Labute approximate surface area is 170 Å². The summed E-state index contributed by atoms with van der Waals surface area (Å²) in [5.74, 6) is 2.35. The third kappa shape index (κ3) is 4.91. The van der Waals surface area contributed by atoms with E-state index in [9.17, 15) is 9.90 Å². The zero-order chi connectivity index (χ0) is 19.3. The van der Waals surface area contributed by atoms with Crippen LogP contribution in [0.2, 0.25) is 0 Å². The van der Waals surface area contributed by atoms with E-state index in [1.54, 1.807) is 0 Å². The number of hydrogen-bond donors (Lipinski definition) is 1. The molecule has 3 fully saturated rings. The number of ether oxygens (including phenoxy) is 1. The van der Waals surface area contributed by atoms with E-state index in [1.807, 2.05) is 11.8 Å². The number of aromatic hydroxyl groups is 1. The molecule has 7 nitrogen and oxygen atoms in total. The maximum absolute atomic E-state index is 12.3. The number of piperazine rings is 1. The van der Waals surface area contributed by atoms with Crippen molar-refractivity contribution in [1.82, 2.24) is 14.7 Å². The molecule has 3 saturated heterocycles. The summed E-state index contributed by atoms with van der Waals surface area (Å²) < 4.78 is 10.7. The Morgan fingerprint density at radius 3 is 2.39 bits per heavy atom. The standard InChI is InChI=1S/C20H31N3O4S/c24-19-16(13-22-7-11-28-12-8-22)15-27-20(25)18(19)14-21-3-5-23(6-4-21)17-1-9-26-10-2-17/h15,17,24H,1-14H2. The highest BCUT2D eigenvalue weighted by atomic mass is 32.2. The molecular weight excluding hydrogens is 378 g/mol. The van der Waals surface area contributed by atoms with Gasteiger partial charge < -0.3 is 14.3 Å². The maximum Gasteiger partial charge on any atom is 0.343 e. The van der Waals surface area contributed by atoms with Crippen LogP contribution in [0.1, 0.15) is 24.0 Å². The van der Waals surface area contributed by atoms with Gasteiger partial charge in [-0.15, -0.1) is 0 Å². The number of hydrogen-bond acceptors (Lipinski definition) is 8. The van der Waals surface area contributed by atoms with E-state index in [-0.39, 0.29) is 5.75 Å². The lowest BCUT2D eigenvalue weighted by atomic mass is 10.1. The van der Waals surface area contributed by atoms with Crippen molar-refractivity contribution in [2.24, 2.45) is 0 Å². The smallest absolute Gasteiger partial charge is 0.343 e. The lowest BCUT2D eigenvalue weighted by Gasteiger charge is -2.40. The first-order chi connectivity index (χ1) is 13.7. The molecular formula is C20H31N3O4S. The summed E-state index contributed by atoms with van der Waals surface area (Å²) in [6, 6.07) is 0.625. The molecule has 4 heterocycles. The SMILES string of the molecule is O=c1occ(CN2CCSCC2)c(O)c1CN1CCN(C2CCOCC2)CC1. The van der Waals surface area contributed by atoms with Gasteiger partial charge in [0.15, 0.2) is 0 Å². The number of rotatable bonds is 5. The monoisotopic (exact) mass is 409 g/mol. The molecule has 4 rings (SSSR count). The van der Waals surface area contributed by atoms with Gasteiger partial charge in [0, 0.05) is 88.7 Å². The Balaban J connectivity index is 1.36. The minimum absolute atomic E-state index is 0.126. The fraction of sp³-hybridized carbons (Fsp3) is 0.750. The lowest BCUT2D eigenvalue weighted by Crippen LogP contribution is -2.51. The molecule has 0 spiro atoms. The predicted octanol–water partition coefficient (Wildman–Crippen LogP) is 1.19. The Hall–Kier alpha value is -1.06. The fourth-order valence-electron chi connectivity index (χ4n) is 4.35. The third-order valence-electron chi connectivity index (χ3n) is 6.14. The van der Waals surface area contributed by atoms with Crippen LogP contribution in [-0.2, 0) is 17.8 Å². The van der Waals surface area contributed by atoms with E-state index in [2.05, 4.69) is 14.7 Å². The average molecular weight is 410 g/mol. The molecule has 0 unspecified atom stereocenters. The van der Waals surface area contributed by atoms with E-state index in [0.717, 1.165) is 82.4 Å². The first-order valence-electron chi connectivity index (χ1n) is 10.4. The van der Waals surface area contributed by atoms with Crippen molar-refractivity contribution in [1.29, 1.82) is 0 Å². The molecule has 0 aromatic carbocycles. The van der Waals surface area contributed by atoms with Crippen LogP contribution in [0.5, 0.6) is 5.75 Å². The zero-order valence-electron chi connectivity index (χ0n) is 16.5. The fourth-order valence-corrected chi connectivity index (χ4v) is 5.33. The van der Waals surface area contributed by atoms with Crippen molar-refractivity contribution in [3.05, 3.63) is 27.8 Å². The lowest BCUT2D eigenvalue weighted by molar-refractivity contribution is 0.0123. The summed E-state index contributed by atoms with van der Waals surface area (Å²) in [5.41, 5.74) is 0.716. The minimum Gasteiger partial charge on any atom is -0.507 e. The van der Waals surface area contributed by atoms with Gasteiger partial charge in [-0.1, -0.05) is 0 Å². The average Bonchev–Trinajstić information content (AvgIpc) is 2.75. The van der Waals surface area contributed by atoms with Crippen LogP contribution in [0.4, 0.5) is 0 Å². The summed E-state index contributed by atoms with van der Waals surface area (Å²) >= 11 is 1.96. The van der Waals surface area contributed by atoms with Gasteiger partial charge in [0.1, 0.15) is 12.0 Å². The Morgan fingerprint density at radius 1 is 1.00 bits per heavy atom. The highest BCUT2D eigenvalue weighted by Crippen LogP contribution is 2.24. The number of nitrogens with zero attached hydrogens (tertiary/aromatic N) is 3. The molecule has 28 heavy (non-hydrogen) atoms. The van der Waals surface area contributed by atoms with E-state index in [4.69, 9.17) is 9.15 Å². The molecule has 3 aliphatic rings. The largest absolute Gasteiger partial charge is 0.507 e. The minimum atomic E-state index is -0.415. The highest BCUT2D eigenvalue weighted by molar-refractivity contribution is 7.99. The third-order valence-corrected chi connectivity index (χ3v) is 7.08. The molecule has 0 bridgehead atoms. The molecule has 156 valence electrons. The van der Waals surface area contributed by atoms with Gasteiger partial charge in [0.25, 0.3) is 0 Å². The van der Waals surface area contributed by atoms with Crippen LogP contribution in [0.25, 0.3) is 0 Å². The van der Waals surface area contributed by atoms with Crippen LogP contribution in [0, 0.1) is 0 Å². The van der Waals surface area contributed by atoms with Gasteiger partial charge in [-0.3, -0.25) is 14.7 Å². The summed E-state index contributed by atoms with van der Waals surface area (Å²) in [6.07, 6.45) is 3.66. The Bertz CT molecular complexity index is 693. The van der Waals surface area contributed by atoms with Crippen molar-refractivity contribution in [3.8, 4) is 5.75 Å². The van der Waals surface area contributed by atoms with Gasteiger partial charge in [0.2, 0.25) is 0 Å². The second-order valence-electron chi connectivity index (χ2n) is 7.92. The van der Waals surface area contributed by atoms with Gasteiger partial charge >= 0.3 is 5.63 Å². The molecule has 1 aromatic rings. The van der Waals surface area contributed by atoms with E-state index >= 15 is 0 Å². The topological polar surface area (TPSA) is 69.4 Å². The molecule has 1 aromatic heterocycles. The maximum atomic E-state index is 12.3. The van der Waals surface area contributed by atoms with Crippen molar-refractivity contribution in [2.75, 3.05) is 64.0 Å². The summed E-state index contributed by atoms with van der Waals surface area (Å²) in [5, 5.41) is 10.7. The van der Waals surface area contributed by atoms with Crippen molar-refractivity contribution in [3.63, 3.8) is 0 Å².